The van der Waals surface area contributed by atoms with Crippen molar-refractivity contribution in [1.29, 1.82) is 0 Å². The fraction of sp³-hybridized carbons (Fsp3) is 0.172. The lowest BCUT2D eigenvalue weighted by atomic mass is 9.92. The Balaban J connectivity index is 1.41. The fourth-order valence-electron chi connectivity index (χ4n) is 4.54. The van der Waals surface area contributed by atoms with Crippen LogP contribution in [-0.4, -0.2) is 6.04 Å². The lowest BCUT2D eigenvalue weighted by molar-refractivity contribution is 0.256. The molecular formula is C29H28N2. The molecule has 0 radical (unpaired) electrons. The van der Waals surface area contributed by atoms with Gasteiger partial charge in [-0.3, -0.25) is 10.6 Å². The third-order valence-electron chi connectivity index (χ3n) is 6.13. The molecule has 5 rings (SSSR count). The van der Waals surface area contributed by atoms with Crippen molar-refractivity contribution in [3.8, 4) is 22.3 Å². The third-order valence-corrected chi connectivity index (χ3v) is 6.13. The van der Waals surface area contributed by atoms with Crippen LogP contribution in [0.3, 0.4) is 0 Å². The number of rotatable bonds is 4. The molecule has 3 unspecified atom stereocenters. The first kappa shape index (κ1) is 19.7. The molecule has 2 N–H and O–H groups in total. The molecule has 2 nitrogen and oxygen atoms in total. The van der Waals surface area contributed by atoms with E-state index in [1.165, 1.54) is 33.4 Å². The smallest absolute Gasteiger partial charge is 0.0842 e. The van der Waals surface area contributed by atoms with E-state index in [1.54, 1.807) is 0 Å². The van der Waals surface area contributed by atoms with Crippen molar-refractivity contribution >= 4 is 0 Å². The fourth-order valence-corrected chi connectivity index (χ4v) is 4.54. The Morgan fingerprint density at radius 1 is 0.548 bits per heavy atom. The average Bonchev–Trinajstić information content (AvgIpc) is 2.85. The number of nitrogens with one attached hydrogen (secondary N) is 2. The highest BCUT2D eigenvalue weighted by Gasteiger charge is 2.27. The van der Waals surface area contributed by atoms with Crippen LogP contribution in [-0.2, 0) is 0 Å². The standard InChI is InChI=1S/C29H28N2/c1-21-18-28(26-16-8-14-24(19-26)22-10-4-2-5-11-22)31-29(30-21)27-17-9-15-25(20-27)23-12-6-3-7-13-23/h2-17,19-21,28-31H,18H2,1H3. The molecule has 1 aliphatic heterocycles. The summed E-state index contributed by atoms with van der Waals surface area (Å²) in [7, 11) is 0. The first-order valence-electron chi connectivity index (χ1n) is 11.1. The Hall–Kier alpha value is -3.20. The molecule has 31 heavy (non-hydrogen) atoms. The molecule has 0 saturated carbocycles. The maximum Gasteiger partial charge on any atom is 0.0842 e. The van der Waals surface area contributed by atoms with E-state index in [4.69, 9.17) is 0 Å². The summed E-state index contributed by atoms with van der Waals surface area (Å²) >= 11 is 0. The monoisotopic (exact) mass is 404 g/mol. The van der Waals surface area contributed by atoms with Gasteiger partial charge in [0.15, 0.2) is 0 Å². The molecule has 4 aromatic carbocycles. The maximum atomic E-state index is 3.86. The summed E-state index contributed by atoms with van der Waals surface area (Å²) in [6.07, 6.45) is 1.19. The van der Waals surface area contributed by atoms with Crippen LogP contribution in [0.15, 0.2) is 109 Å². The van der Waals surface area contributed by atoms with Crippen molar-refractivity contribution in [2.75, 3.05) is 0 Å². The largest absolute Gasteiger partial charge is 0.296 e. The SMILES string of the molecule is CC1CC(c2cccc(-c3ccccc3)c2)NC(c2cccc(-c3ccccc3)c2)N1. The Kier molecular flexibility index (Phi) is 5.66. The van der Waals surface area contributed by atoms with E-state index in [1.807, 2.05) is 0 Å². The van der Waals surface area contributed by atoms with E-state index in [2.05, 4.69) is 127 Å². The number of hydrogen-bond acceptors (Lipinski definition) is 2. The summed E-state index contributed by atoms with van der Waals surface area (Å²) in [5.74, 6) is 0. The van der Waals surface area contributed by atoms with Crippen molar-refractivity contribution in [3.63, 3.8) is 0 Å². The van der Waals surface area contributed by atoms with Crippen LogP contribution in [0.25, 0.3) is 22.3 Å². The molecule has 4 aromatic rings. The summed E-state index contributed by atoms with van der Waals surface area (Å²) in [4.78, 5) is 0. The molecule has 1 saturated heterocycles. The normalized spacial score (nSPS) is 21.0. The molecule has 0 amide bonds. The van der Waals surface area contributed by atoms with Crippen LogP contribution in [0.2, 0.25) is 0 Å². The third kappa shape index (κ3) is 4.46. The molecule has 1 aliphatic rings. The molecule has 3 atom stereocenters. The number of benzene rings is 4. The summed E-state index contributed by atoms with van der Waals surface area (Å²) < 4.78 is 0. The van der Waals surface area contributed by atoms with Crippen LogP contribution < -0.4 is 10.6 Å². The Bertz CT molecular complexity index is 1050. The van der Waals surface area contributed by atoms with Gasteiger partial charge in [-0.1, -0.05) is 97.1 Å². The molecular weight excluding hydrogens is 376 g/mol. The second kappa shape index (κ2) is 8.89. The predicted octanol–water partition coefficient (Wildman–Crippen LogP) is 6.73. The van der Waals surface area contributed by atoms with Gasteiger partial charge >= 0.3 is 0 Å². The zero-order valence-electron chi connectivity index (χ0n) is 17.8. The van der Waals surface area contributed by atoms with Gasteiger partial charge in [-0.2, -0.15) is 0 Å². The summed E-state index contributed by atoms with van der Waals surface area (Å²) in [6.45, 7) is 2.28. The highest BCUT2D eigenvalue weighted by Crippen LogP contribution is 2.31. The van der Waals surface area contributed by atoms with Crippen LogP contribution >= 0.6 is 0 Å². The average molecular weight is 405 g/mol. The minimum Gasteiger partial charge on any atom is -0.296 e. The second-order valence-corrected chi connectivity index (χ2v) is 8.44. The van der Waals surface area contributed by atoms with Crippen molar-refractivity contribution in [2.45, 2.75) is 31.6 Å². The second-order valence-electron chi connectivity index (χ2n) is 8.44. The first-order valence-corrected chi connectivity index (χ1v) is 11.1. The lowest BCUT2D eigenvalue weighted by Gasteiger charge is -2.37. The van der Waals surface area contributed by atoms with Crippen LogP contribution in [0.4, 0.5) is 0 Å². The van der Waals surface area contributed by atoms with Gasteiger partial charge in [0.1, 0.15) is 0 Å². The van der Waals surface area contributed by atoms with E-state index in [9.17, 15) is 0 Å². The van der Waals surface area contributed by atoms with E-state index < -0.39 is 0 Å². The van der Waals surface area contributed by atoms with Gasteiger partial charge in [0.25, 0.3) is 0 Å². The van der Waals surface area contributed by atoms with Gasteiger partial charge in [0.05, 0.1) is 6.17 Å². The van der Waals surface area contributed by atoms with Crippen molar-refractivity contribution < 1.29 is 0 Å². The van der Waals surface area contributed by atoms with Gasteiger partial charge < -0.3 is 0 Å². The van der Waals surface area contributed by atoms with Crippen LogP contribution in [0.5, 0.6) is 0 Å². The molecule has 2 heteroatoms. The molecule has 1 heterocycles. The van der Waals surface area contributed by atoms with E-state index in [0.717, 1.165) is 6.42 Å². The highest BCUT2D eigenvalue weighted by molar-refractivity contribution is 5.65. The first-order chi connectivity index (χ1) is 15.3. The van der Waals surface area contributed by atoms with Crippen LogP contribution in [0.1, 0.15) is 36.7 Å². The summed E-state index contributed by atoms with van der Waals surface area (Å²) in [5.41, 5.74) is 7.66. The predicted molar refractivity (Wildman–Crippen MR) is 130 cm³/mol. The molecule has 154 valence electrons. The van der Waals surface area contributed by atoms with Crippen molar-refractivity contribution in [1.82, 2.24) is 10.6 Å². The topological polar surface area (TPSA) is 24.1 Å². The van der Waals surface area contributed by atoms with E-state index >= 15 is 0 Å². The van der Waals surface area contributed by atoms with Gasteiger partial charge in [0.2, 0.25) is 0 Å². The molecule has 0 aromatic heterocycles. The zero-order valence-corrected chi connectivity index (χ0v) is 17.8. The van der Waals surface area contributed by atoms with Crippen molar-refractivity contribution in [2.24, 2.45) is 0 Å². The molecule has 0 bridgehead atoms. The van der Waals surface area contributed by atoms with Gasteiger partial charge in [-0.15, -0.1) is 0 Å². The Labute approximate surface area is 185 Å². The lowest BCUT2D eigenvalue weighted by Crippen LogP contribution is -2.48. The van der Waals surface area contributed by atoms with Gasteiger partial charge in [0, 0.05) is 12.1 Å². The summed E-state index contributed by atoms with van der Waals surface area (Å²) in [5, 5.41) is 7.61. The minimum absolute atomic E-state index is 0.123. The van der Waals surface area contributed by atoms with E-state index in [-0.39, 0.29) is 6.17 Å². The Morgan fingerprint density at radius 2 is 1.06 bits per heavy atom. The van der Waals surface area contributed by atoms with E-state index in [0.29, 0.717) is 12.1 Å². The van der Waals surface area contributed by atoms with Crippen molar-refractivity contribution in [3.05, 3.63) is 120 Å². The van der Waals surface area contributed by atoms with Gasteiger partial charge in [-0.25, -0.2) is 0 Å². The van der Waals surface area contributed by atoms with Crippen LogP contribution in [0, 0.1) is 0 Å². The highest BCUT2D eigenvalue weighted by atomic mass is 15.2. The zero-order chi connectivity index (χ0) is 21.0. The molecule has 0 spiro atoms. The maximum absolute atomic E-state index is 3.86. The number of hydrogen-bond donors (Lipinski definition) is 2. The summed E-state index contributed by atoms with van der Waals surface area (Å²) in [6, 6.07) is 39.8. The minimum atomic E-state index is 0.123. The molecule has 1 fully saturated rings. The van der Waals surface area contributed by atoms with Gasteiger partial charge in [-0.05, 0) is 58.9 Å². The quantitative estimate of drug-likeness (QED) is 0.394. The Morgan fingerprint density at radius 3 is 1.68 bits per heavy atom. The molecule has 0 aliphatic carbocycles.